The van der Waals surface area contributed by atoms with E-state index in [1.807, 2.05) is 0 Å². The third-order valence-corrected chi connectivity index (χ3v) is 2.73. The predicted molar refractivity (Wildman–Crippen MR) is 74.4 cm³/mol. The van der Waals surface area contributed by atoms with Crippen molar-refractivity contribution in [2.45, 2.75) is 6.92 Å². The molecule has 2 rings (SSSR count). The summed E-state index contributed by atoms with van der Waals surface area (Å²) in [7, 11) is 0. The Kier molecular flexibility index (Phi) is 4.29. The zero-order chi connectivity index (χ0) is 15.4. The van der Waals surface area contributed by atoms with Crippen molar-refractivity contribution >= 4 is 29.4 Å². The highest BCUT2D eigenvalue weighted by molar-refractivity contribution is 6.32. The summed E-state index contributed by atoms with van der Waals surface area (Å²) in [6.45, 7) is 1.65. The van der Waals surface area contributed by atoms with Gasteiger partial charge >= 0.3 is 0 Å². The fraction of sp³-hybridized carbons (Fsp3) is 0.0833. The molecule has 0 aliphatic heterocycles. The molecule has 0 saturated carbocycles. The topological polar surface area (TPSA) is 111 Å². The van der Waals surface area contributed by atoms with Crippen LogP contribution in [0.4, 0.5) is 5.69 Å². The smallest absolute Gasteiger partial charge is 0.293 e. The zero-order valence-electron chi connectivity index (χ0n) is 10.7. The lowest BCUT2D eigenvalue weighted by molar-refractivity contribution is -0.384. The number of halogens is 1. The molecule has 1 N–H and O–H groups in total. The highest BCUT2D eigenvalue weighted by atomic mass is 35.5. The van der Waals surface area contributed by atoms with Crippen LogP contribution in [0, 0.1) is 17.0 Å². The van der Waals surface area contributed by atoms with Crippen LogP contribution < -0.4 is 5.43 Å². The van der Waals surface area contributed by atoms with Gasteiger partial charge in [-0.2, -0.15) is 5.10 Å². The second-order valence-electron chi connectivity index (χ2n) is 3.99. The predicted octanol–water partition coefficient (Wildman–Crippen LogP) is 2.31. The average Bonchev–Trinajstić information content (AvgIpc) is 2.87. The summed E-state index contributed by atoms with van der Waals surface area (Å²) >= 11 is 5.68. The van der Waals surface area contributed by atoms with Gasteiger partial charge in [-0.3, -0.25) is 14.9 Å². The number of hydrazone groups is 1. The molecule has 0 fully saturated rings. The molecule has 21 heavy (non-hydrogen) atoms. The molecule has 9 heteroatoms. The van der Waals surface area contributed by atoms with Gasteiger partial charge in [0.2, 0.25) is 0 Å². The lowest BCUT2D eigenvalue weighted by Gasteiger charge is -1.97. The molecule has 0 spiro atoms. The first kappa shape index (κ1) is 14.7. The number of nitro benzene ring substituents is 1. The van der Waals surface area contributed by atoms with Crippen molar-refractivity contribution in [2.24, 2.45) is 5.10 Å². The molecular weight excluding hydrogens is 300 g/mol. The fourth-order valence-corrected chi connectivity index (χ4v) is 1.63. The Morgan fingerprint density at radius 1 is 1.52 bits per heavy atom. The molecule has 1 heterocycles. The number of nitro groups is 1. The Balaban J connectivity index is 2.06. The zero-order valence-corrected chi connectivity index (χ0v) is 11.5. The molecule has 0 aliphatic carbocycles. The third kappa shape index (κ3) is 3.63. The molecule has 0 saturated heterocycles. The van der Waals surface area contributed by atoms with E-state index in [0.717, 1.165) is 0 Å². The monoisotopic (exact) mass is 308 g/mol. The minimum atomic E-state index is -0.601. The number of hydrogen-bond donors (Lipinski definition) is 1. The van der Waals surface area contributed by atoms with E-state index >= 15 is 0 Å². The van der Waals surface area contributed by atoms with Gasteiger partial charge in [-0.15, -0.1) is 0 Å². The Labute approximate surface area is 123 Å². The highest BCUT2D eigenvalue weighted by Crippen LogP contribution is 2.24. The van der Waals surface area contributed by atoms with Gasteiger partial charge in [-0.25, -0.2) is 5.43 Å². The van der Waals surface area contributed by atoms with Gasteiger partial charge in [0.25, 0.3) is 11.6 Å². The lowest BCUT2D eigenvalue weighted by atomic mass is 10.2. The van der Waals surface area contributed by atoms with E-state index in [9.17, 15) is 14.9 Å². The number of benzene rings is 1. The fourth-order valence-electron chi connectivity index (χ4n) is 1.45. The van der Waals surface area contributed by atoms with Crippen molar-refractivity contribution in [1.29, 1.82) is 0 Å². The van der Waals surface area contributed by atoms with Crippen LogP contribution in [0.3, 0.4) is 0 Å². The van der Waals surface area contributed by atoms with Crippen LogP contribution in [0.25, 0.3) is 0 Å². The van der Waals surface area contributed by atoms with Gasteiger partial charge in [-0.05, 0) is 13.0 Å². The van der Waals surface area contributed by atoms with E-state index in [2.05, 4.69) is 15.7 Å². The standard InChI is InChI=1S/C12H9ClN4O4/c1-7-4-10(16-21-7)12(18)15-14-6-8-2-3-9(13)11(5-8)17(19)20/h2-6H,1H3,(H,15,18). The molecule has 8 nitrogen and oxygen atoms in total. The minimum Gasteiger partial charge on any atom is -0.361 e. The Bertz CT molecular complexity index is 726. The summed E-state index contributed by atoms with van der Waals surface area (Å²) in [6, 6.07) is 5.62. The van der Waals surface area contributed by atoms with Gasteiger partial charge in [0.1, 0.15) is 10.8 Å². The average molecular weight is 309 g/mol. The van der Waals surface area contributed by atoms with E-state index in [-0.39, 0.29) is 16.4 Å². The second kappa shape index (κ2) is 6.14. The summed E-state index contributed by atoms with van der Waals surface area (Å²) in [5, 5.41) is 18.0. The molecule has 1 amide bonds. The molecule has 0 unspecified atom stereocenters. The summed E-state index contributed by atoms with van der Waals surface area (Å²) in [4.78, 5) is 21.7. The number of hydrogen-bond acceptors (Lipinski definition) is 6. The van der Waals surface area contributed by atoms with E-state index in [1.54, 1.807) is 6.92 Å². The van der Waals surface area contributed by atoms with E-state index < -0.39 is 10.8 Å². The van der Waals surface area contributed by atoms with Crippen LogP contribution in [0.2, 0.25) is 5.02 Å². The highest BCUT2D eigenvalue weighted by Gasteiger charge is 2.12. The Hall–Kier alpha value is -2.74. The third-order valence-electron chi connectivity index (χ3n) is 2.41. The molecule has 108 valence electrons. The molecule has 1 aromatic heterocycles. The molecule has 0 atom stereocenters. The Morgan fingerprint density at radius 3 is 2.90 bits per heavy atom. The van der Waals surface area contributed by atoms with Gasteiger partial charge in [-0.1, -0.05) is 22.8 Å². The van der Waals surface area contributed by atoms with Crippen molar-refractivity contribution in [1.82, 2.24) is 10.6 Å². The number of rotatable bonds is 4. The molecular formula is C12H9ClN4O4. The number of carbonyl (C=O) groups is 1. The normalized spacial score (nSPS) is 10.8. The summed E-state index contributed by atoms with van der Waals surface area (Å²) in [5.74, 6) is -0.0518. The largest absolute Gasteiger partial charge is 0.361 e. The van der Waals surface area contributed by atoms with Crippen LogP contribution in [0.15, 0.2) is 33.9 Å². The number of aryl methyl sites for hydroxylation is 1. The van der Waals surface area contributed by atoms with Crippen molar-refractivity contribution < 1.29 is 14.2 Å². The van der Waals surface area contributed by atoms with Gasteiger partial charge in [0, 0.05) is 17.7 Å². The number of amides is 1. The first-order chi connectivity index (χ1) is 9.97. The summed E-state index contributed by atoms with van der Waals surface area (Å²) in [5.41, 5.74) is 2.50. The molecule has 0 aliphatic rings. The van der Waals surface area contributed by atoms with E-state index in [0.29, 0.717) is 11.3 Å². The maximum absolute atomic E-state index is 11.6. The second-order valence-corrected chi connectivity index (χ2v) is 4.40. The van der Waals surface area contributed by atoms with Gasteiger partial charge in [0.05, 0.1) is 11.1 Å². The first-order valence-corrected chi connectivity index (χ1v) is 6.06. The summed E-state index contributed by atoms with van der Waals surface area (Å²) in [6.07, 6.45) is 1.26. The van der Waals surface area contributed by atoms with Crippen LogP contribution in [-0.4, -0.2) is 22.2 Å². The van der Waals surface area contributed by atoms with Crippen molar-refractivity contribution in [3.05, 3.63) is 56.4 Å². The Morgan fingerprint density at radius 2 is 2.29 bits per heavy atom. The molecule has 1 aromatic carbocycles. The van der Waals surface area contributed by atoms with E-state index in [4.69, 9.17) is 16.1 Å². The molecule has 2 aromatic rings. The van der Waals surface area contributed by atoms with Crippen LogP contribution in [-0.2, 0) is 0 Å². The minimum absolute atomic E-state index is 0.0271. The number of carbonyl (C=O) groups excluding carboxylic acids is 1. The SMILES string of the molecule is Cc1cc(C(=O)NN=Cc2ccc(Cl)c([N+](=O)[O-])c2)no1. The van der Waals surface area contributed by atoms with Crippen LogP contribution in [0.1, 0.15) is 21.8 Å². The van der Waals surface area contributed by atoms with Gasteiger partial charge in [0.15, 0.2) is 5.69 Å². The number of nitrogens with zero attached hydrogens (tertiary/aromatic N) is 3. The van der Waals surface area contributed by atoms with Crippen molar-refractivity contribution in [3.8, 4) is 0 Å². The van der Waals surface area contributed by atoms with Gasteiger partial charge < -0.3 is 4.52 Å². The molecule has 0 bridgehead atoms. The lowest BCUT2D eigenvalue weighted by Crippen LogP contribution is -2.17. The number of aromatic nitrogens is 1. The van der Waals surface area contributed by atoms with Crippen LogP contribution in [0.5, 0.6) is 0 Å². The number of nitrogens with one attached hydrogen (secondary N) is 1. The van der Waals surface area contributed by atoms with E-state index in [1.165, 1.54) is 30.5 Å². The first-order valence-electron chi connectivity index (χ1n) is 5.68. The summed E-state index contributed by atoms with van der Waals surface area (Å²) < 4.78 is 4.75. The maximum Gasteiger partial charge on any atom is 0.293 e. The van der Waals surface area contributed by atoms with Crippen molar-refractivity contribution in [2.75, 3.05) is 0 Å². The quantitative estimate of drug-likeness (QED) is 0.529. The van der Waals surface area contributed by atoms with Crippen molar-refractivity contribution in [3.63, 3.8) is 0 Å². The molecule has 0 radical (unpaired) electrons. The maximum atomic E-state index is 11.6. The van der Waals surface area contributed by atoms with Crippen LogP contribution >= 0.6 is 11.6 Å².